The summed E-state index contributed by atoms with van der Waals surface area (Å²) in [6.45, 7) is 2.71. The lowest BCUT2D eigenvalue weighted by atomic mass is 9.82. The zero-order valence-corrected chi connectivity index (χ0v) is 15.4. The summed E-state index contributed by atoms with van der Waals surface area (Å²) < 4.78 is 0. The van der Waals surface area contributed by atoms with Crippen molar-refractivity contribution in [1.29, 1.82) is 0 Å². The van der Waals surface area contributed by atoms with Gasteiger partial charge in [0.2, 0.25) is 0 Å². The fourth-order valence-electron chi connectivity index (χ4n) is 4.31. The van der Waals surface area contributed by atoms with Gasteiger partial charge in [0.05, 0.1) is 6.54 Å². The number of carbonyl (C=O) groups is 1. The van der Waals surface area contributed by atoms with Crippen LogP contribution < -0.4 is 0 Å². The smallest absolute Gasteiger partial charge is 0.176 e. The first-order chi connectivity index (χ1) is 11.7. The van der Waals surface area contributed by atoms with Crippen molar-refractivity contribution in [3.63, 3.8) is 0 Å². The number of benzene rings is 1. The van der Waals surface area contributed by atoms with Gasteiger partial charge in [-0.25, -0.2) is 0 Å². The zero-order valence-electron chi connectivity index (χ0n) is 14.7. The summed E-state index contributed by atoms with van der Waals surface area (Å²) in [6.07, 6.45) is 12.7. The van der Waals surface area contributed by atoms with Crippen LogP contribution in [0.2, 0.25) is 5.02 Å². The van der Waals surface area contributed by atoms with Crippen LogP contribution in [0.5, 0.6) is 0 Å². The van der Waals surface area contributed by atoms with E-state index in [1.54, 1.807) is 12.1 Å². The van der Waals surface area contributed by atoms with Crippen LogP contribution in [0.1, 0.15) is 68.1 Å². The van der Waals surface area contributed by atoms with Crippen molar-refractivity contribution in [2.45, 2.75) is 57.8 Å². The minimum absolute atomic E-state index is 0.215. The Morgan fingerprint density at radius 2 is 1.50 bits per heavy atom. The van der Waals surface area contributed by atoms with Crippen molar-refractivity contribution in [3.8, 4) is 0 Å². The van der Waals surface area contributed by atoms with E-state index < -0.39 is 0 Å². The summed E-state index contributed by atoms with van der Waals surface area (Å²) in [5.74, 6) is 2.10. The molecule has 24 heavy (non-hydrogen) atoms. The van der Waals surface area contributed by atoms with Gasteiger partial charge in [0.15, 0.2) is 5.78 Å². The Morgan fingerprint density at radius 1 is 0.917 bits per heavy atom. The lowest BCUT2D eigenvalue weighted by molar-refractivity contribution is 0.0890. The Labute approximate surface area is 151 Å². The van der Waals surface area contributed by atoms with Crippen molar-refractivity contribution in [2.24, 2.45) is 11.8 Å². The van der Waals surface area contributed by atoms with Crippen LogP contribution in [0.25, 0.3) is 0 Å². The molecule has 0 aromatic heterocycles. The van der Waals surface area contributed by atoms with Gasteiger partial charge >= 0.3 is 0 Å². The van der Waals surface area contributed by atoms with Crippen molar-refractivity contribution in [1.82, 2.24) is 4.90 Å². The van der Waals surface area contributed by atoms with E-state index in [4.69, 9.17) is 11.6 Å². The maximum absolute atomic E-state index is 12.4. The number of rotatable bonds is 6. The van der Waals surface area contributed by atoms with E-state index >= 15 is 0 Å². The molecule has 1 heterocycles. The predicted octanol–water partition coefficient (Wildman–Crippen LogP) is 5.60. The second-order valence-electron chi connectivity index (χ2n) is 7.73. The third-order valence-electron chi connectivity index (χ3n) is 5.95. The van der Waals surface area contributed by atoms with Gasteiger partial charge in [-0.15, -0.1) is 0 Å². The molecule has 0 N–H and O–H groups in total. The van der Waals surface area contributed by atoms with Gasteiger partial charge in [0, 0.05) is 10.6 Å². The van der Waals surface area contributed by atoms with Crippen molar-refractivity contribution in [3.05, 3.63) is 34.9 Å². The summed E-state index contributed by atoms with van der Waals surface area (Å²) >= 11 is 5.89. The highest BCUT2D eigenvalue weighted by Crippen LogP contribution is 2.31. The predicted molar refractivity (Wildman–Crippen MR) is 101 cm³/mol. The monoisotopic (exact) mass is 347 g/mol. The van der Waals surface area contributed by atoms with E-state index in [-0.39, 0.29) is 5.78 Å². The molecule has 1 aliphatic carbocycles. The van der Waals surface area contributed by atoms with Gasteiger partial charge in [0.25, 0.3) is 0 Å². The Kier molecular flexibility index (Phi) is 6.74. The molecule has 2 nitrogen and oxygen atoms in total. The normalized spacial score (nSPS) is 21.0. The van der Waals surface area contributed by atoms with Crippen LogP contribution in [0, 0.1) is 11.8 Å². The number of Topliss-reactive ketones (excluding diaryl/α,β-unsaturated/α-hetero) is 1. The molecule has 0 bridgehead atoms. The molecule has 3 rings (SSSR count). The molecule has 1 aromatic carbocycles. The van der Waals surface area contributed by atoms with Crippen LogP contribution in [0.3, 0.4) is 0 Å². The van der Waals surface area contributed by atoms with Gasteiger partial charge in [-0.1, -0.05) is 56.5 Å². The zero-order chi connectivity index (χ0) is 16.8. The fourth-order valence-corrected chi connectivity index (χ4v) is 4.44. The first-order valence-electron chi connectivity index (χ1n) is 9.72. The highest BCUT2D eigenvalue weighted by molar-refractivity contribution is 6.30. The first-order valence-corrected chi connectivity index (χ1v) is 10.1. The molecular weight excluding hydrogens is 318 g/mol. The molecular formula is C21H30ClNO. The van der Waals surface area contributed by atoms with Gasteiger partial charge in [-0.3, -0.25) is 9.69 Å². The number of hydrogen-bond acceptors (Lipinski definition) is 2. The van der Waals surface area contributed by atoms with Crippen LogP contribution >= 0.6 is 11.6 Å². The number of ketones is 1. The molecule has 0 amide bonds. The Hall–Kier alpha value is -0.860. The number of likely N-dealkylation sites (tertiary alicyclic amines) is 1. The second kappa shape index (κ2) is 9.01. The summed E-state index contributed by atoms with van der Waals surface area (Å²) in [5, 5.41) is 0.685. The maximum Gasteiger partial charge on any atom is 0.176 e. The highest BCUT2D eigenvalue weighted by Gasteiger charge is 2.22. The standard InChI is InChI=1S/C21H30ClNO/c22-20-10-8-19(9-11-20)21(24)16-23-14-12-18(13-15-23)7-6-17-4-2-1-3-5-17/h8-11,17-18H,1-7,12-16H2. The molecule has 3 heteroatoms. The fraction of sp³-hybridized carbons (Fsp3) is 0.667. The van der Waals surface area contributed by atoms with Gasteiger partial charge in [0.1, 0.15) is 0 Å². The average Bonchev–Trinajstić information content (AvgIpc) is 2.62. The minimum atomic E-state index is 0.215. The SMILES string of the molecule is O=C(CN1CCC(CCC2CCCCC2)CC1)c1ccc(Cl)cc1. The largest absolute Gasteiger partial charge is 0.296 e. The third-order valence-corrected chi connectivity index (χ3v) is 6.20. The van der Waals surface area contributed by atoms with E-state index in [0.717, 1.165) is 30.5 Å². The van der Waals surface area contributed by atoms with E-state index in [2.05, 4.69) is 4.90 Å². The molecule has 1 aromatic rings. The number of hydrogen-bond donors (Lipinski definition) is 0. The maximum atomic E-state index is 12.4. The Balaban J connectivity index is 1.37. The van der Waals surface area contributed by atoms with Gasteiger partial charge in [-0.05, 0) is 62.0 Å². The average molecular weight is 348 g/mol. The Bertz CT molecular complexity index is 513. The molecule has 1 saturated carbocycles. The Morgan fingerprint density at radius 3 is 2.12 bits per heavy atom. The molecule has 1 saturated heterocycles. The third kappa shape index (κ3) is 5.32. The van der Waals surface area contributed by atoms with Gasteiger partial charge < -0.3 is 0 Å². The van der Waals surface area contributed by atoms with Gasteiger partial charge in [-0.2, -0.15) is 0 Å². The summed E-state index contributed by atoms with van der Waals surface area (Å²) in [5.41, 5.74) is 0.777. The lowest BCUT2D eigenvalue weighted by Crippen LogP contribution is -2.37. The molecule has 0 spiro atoms. The number of halogens is 1. The number of carbonyl (C=O) groups excluding carboxylic acids is 1. The van der Waals surface area contributed by atoms with Crippen LogP contribution in [-0.4, -0.2) is 30.3 Å². The van der Waals surface area contributed by atoms with Crippen molar-refractivity contribution < 1.29 is 4.79 Å². The lowest BCUT2D eigenvalue weighted by Gasteiger charge is -2.32. The molecule has 0 atom stereocenters. The van der Waals surface area contributed by atoms with E-state index in [0.29, 0.717) is 11.6 Å². The van der Waals surface area contributed by atoms with E-state index in [1.807, 2.05) is 12.1 Å². The summed E-state index contributed by atoms with van der Waals surface area (Å²) in [4.78, 5) is 14.7. The van der Waals surface area contributed by atoms with Crippen molar-refractivity contribution >= 4 is 17.4 Å². The molecule has 0 radical (unpaired) electrons. The van der Waals surface area contributed by atoms with Crippen LogP contribution in [0.4, 0.5) is 0 Å². The molecule has 0 unspecified atom stereocenters. The number of piperidine rings is 1. The van der Waals surface area contributed by atoms with E-state index in [1.165, 1.54) is 57.8 Å². The second-order valence-corrected chi connectivity index (χ2v) is 8.17. The summed E-state index contributed by atoms with van der Waals surface area (Å²) in [6, 6.07) is 7.27. The topological polar surface area (TPSA) is 20.3 Å². The first kappa shape index (κ1) is 17.9. The van der Waals surface area contributed by atoms with Crippen LogP contribution in [-0.2, 0) is 0 Å². The van der Waals surface area contributed by atoms with Crippen LogP contribution in [0.15, 0.2) is 24.3 Å². The minimum Gasteiger partial charge on any atom is -0.296 e. The molecule has 1 aliphatic heterocycles. The van der Waals surface area contributed by atoms with Crippen molar-refractivity contribution in [2.75, 3.05) is 19.6 Å². The van der Waals surface area contributed by atoms with E-state index in [9.17, 15) is 4.79 Å². The number of nitrogens with zero attached hydrogens (tertiary/aromatic N) is 1. The molecule has 132 valence electrons. The quantitative estimate of drug-likeness (QED) is 0.624. The molecule has 2 fully saturated rings. The molecule has 2 aliphatic rings. The highest BCUT2D eigenvalue weighted by atomic mass is 35.5. The summed E-state index contributed by atoms with van der Waals surface area (Å²) in [7, 11) is 0.